The summed E-state index contributed by atoms with van der Waals surface area (Å²) in [4.78, 5) is 11.7. The van der Waals surface area contributed by atoms with E-state index in [9.17, 15) is 13.6 Å². The lowest BCUT2D eigenvalue weighted by Gasteiger charge is -2.39. The van der Waals surface area contributed by atoms with E-state index in [1.807, 2.05) is 25.1 Å². The first-order chi connectivity index (χ1) is 14.3. The largest absolute Gasteiger partial charge is 0.493 e. The Morgan fingerprint density at radius 2 is 2.10 bits per heavy atom. The first-order valence-electron chi connectivity index (χ1n) is 9.86. The summed E-state index contributed by atoms with van der Waals surface area (Å²) in [6.45, 7) is 2.28. The quantitative estimate of drug-likeness (QED) is 0.345. The molecule has 0 spiro atoms. The van der Waals surface area contributed by atoms with E-state index in [4.69, 9.17) is 15.9 Å². The van der Waals surface area contributed by atoms with Gasteiger partial charge in [-0.25, -0.2) is 8.78 Å². The van der Waals surface area contributed by atoms with Gasteiger partial charge in [-0.1, -0.05) is 36.9 Å². The molecule has 2 aromatic carbocycles. The third kappa shape index (κ3) is 4.99. The second-order valence-electron chi connectivity index (χ2n) is 7.23. The predicted octanol–water partition coefficient (Wildman–Crippen LogP) is 4.29. The molecular weight excluding hydrogens is 408 g/mol. The topological polar surface area (TPSA) is 88.2 Å². The molecule has 2 aromatic rings. The number of ether oxygens (including phenoxy) is 1. The third-order valence-corrected chi connectivity index (χ3v) is 6.39. The number of rotatable bonds is 7. The van der Waals surface area contributed by atoms with Gasteiger partial charge in [-0.05, 0) is 37.1 Å². The number of thioether (sulfide) groups is 1. The molecule has 3 rings (SSSR count). The van der Waals surface area contributed by atoms with Crippen LogP contribution in [0.15, 0.2) is 42.5 Å². The van der Waals surface area contributed by atoms with Crippen LogP contribution in [0.4, 0.5) is 8.78 Å². The maximum Gasteiger partial charge on any atom is 0.221 e. The first-order valence-corrected chi connectivity index (χ1v) is 10.7. The number of halogens is 2. The molecule has 8 heteroatoms. The van der Waals surface area contributed by atoms with Crippen molar-refractivity contribution in [3.8, 4) is 5.75 Å². The van der Waals surface area contributed by atoms with Crippen molar-refractivity contribution in [2.45, 2.75) is 43.5 Å². The van der Waals surface area contributed by atoms with Crippen molar-refractivity contribution in [1.82, 2.24) is 5.32 Å². The Kier molecular flexibility index (Phi) is 7.10. The average molecular weight is 434 g/mol. The lowest BCUT2D eigenvalue weighted by Crippen LogP contribution is -2.47. The van der Waals surface area contributed by atoms with Crippen LogP contribution in [0.2, 0.25) is 0 Å². The van der Waals surface area contributed by atoms with E-state index in [-0.39, 0.29) is 29.0 Å². The summed E-state index contributed by atoms with van der Waals surface area (Å²) in [6, 6.07) is 10.2. The van der Waals surface area contributed by atoms with E-state index >= 15 is 0 Å². The summed E-state index contributed by atoms with van der Waals surface area (Å²) in [7, 11) is 0. The zero-order chi connectivity index (χ0) is 21.7. The third-order valence-electron chi connectivity index (χ3n) is 5.09. The molecule has 2 unspecified atom stereocenters. The van der Waals surface area contributed by atoms with E-state index in [2.05, 4.69) is 5.32 Å². The highest BCUT2D eigenvalue weighted by atomic mass is 32.2. The summed E-state index contributed by atoms with van der Waals surface area (Å²) in [5, 5.41) is 11.3. The van der Waals surface area contributed by atoms with Gasteiger partial charge in [-0.15, -0.1) is 0 Å². The molecule has 2 atom stereocenters. The fourth-order valence-corrected chi connectivity index (χ4v) is 4.58. The van der Waals surface area contributed by atoms with E-state index in [0.717, 1.165) is 36.4 Å². The smallest absolute Gasteiger partial charge is 0.221 e. The molecule has 1 amide bonds. The minimum atomic E-state index is -1.03. The number of nitrogens with two attached hydrogens (primary N) is 1. The summed E-state index contributed by atoms with van der Waals surface area (Å²) in [6.07, 6.45) is 1.92. The van der Waals surface area contributed by atoms with Crippen LogP contribution in [0.5, 0.6) is 5.75 Å². The Bertz CT molecular complexity index is 940. The Hall–Kier alpha value is -2.45. The number of carbonyl (C=O) groups is 1. The number of hydrogen-bond acceptors (Lipinski definition) is 5. The van der Waals surface area contributed by atoms with Gasteiger partial charge in [0.15, 0.2) is 0 Å². The number of benzene rings is 2. The summed E-state index contributed by atoms with van der Waals surface area (Å²) >= 11 is 0.988. The molecule has 1 aliphatic heterocycles. The van der Waals surface area contributed by atoms with Crippen LogP contribution in [0, 0.1) is 17.0 Å². The Morgan fingerprint density at radius 3 is 2.87 bits per heavy atom. The summed E-state index contributed by atoms with van der Waals surface area (Å²) in [5.74, 6) is -0.939. The highest BCUT2D eigenvalue weighted by molar-refractivity contribution is 8.15. The summed E-state index contributed by atoms with van der Waals surface area (Å²) in [5.41, 5.74) is 6.48. The van der Waals surface area contributed by atoms with E-state index in [0.29, 0.717) is 30.8 Å². The fraction of sp³-hybridized carbons (Fsp3) is 0.364. The van der Waals surface area contributed by atoms with Gasteiger partial charge in [0.25, 0.3) is 0 Å². The van der Waals surface area contributed by atoms with Gasteiger partial charge in [0.05, 0.1) is 11.7 Å². The van der Waals surface area contributed by atoms with E-state index < -0.39 is 16.5 Å². The van der Waals surface area contributed by atoms with E-state index in [1.165, 1.54) is 0 Å². The van der Waals surface area contributed by atoms with Crippen molar-refractivity contribution in [3.63, 3.8) is 0 Å². The standard InChI is InChI=1S/C22H25F2N3O2S/c1-2-15(25)8-10-20(28)27-22(11-12-29-19-6-4-3-5-17(19)22)30-21(26)16-13-14(23)7-9-18(16)24/h3-7,9,13,15,26H,2,8,10-12,25H2,1H3,(H,27,28). The van der Waals surface area contributed by atoms with Gasteiger partial charge >= 0.3 is 0 Å². The molecule has 0 radical (unpaired) electrons. The van der Waals surface area contributed by atoms with Gasteiger partial charge in [0.2, 0.25) is 5.91 Å². The monoisotopic (exact) mass is 433 g/mol. The molecule has 5 nitrogen and oxygen atoms in total. The minimum absolute atomic E-state index is 0.0685. The van der Waals surface area contributed by atoms with Crippen molar-refractivity contribution in [1.29, 1.82) is 5.41 Å². The minimum Gasteiger partial charge on any atom is -0.493 e. The molecule has 0 bridgehead atoms. The van der Waals surface area contributed by atoms with Crippen LogP contribution < -0.4 is 15.8 Å². The van der Waals surface area contributed by atoms with E-state index in [1.54, 1.807) is 6.07 Å². The maximum absolute atomic E-state index is 14.3. The number of fused-ring (bicyclic) bond motifs is 1. The van der Waals surface area contributed by atoms with Gasteiger partial charge < -0.3 is 15.8 Å². The highest BCUT2D eigenvalue weighted by Crippen LogP contribution is 2.46. The van der Waals surface area contributed by atoms with Crippen LogP contribution in [0.1, 0.15) is 43.7 Å². The molecule has 30 heavy (non-hydrogen) atoms. The average Bonchev–Trinajstić information content (AvgIpc) is 2.74. The van der Waals surface area contributed by atoms with Gasteiger partial charge in [0, 0.05) is 30.0 Å². The lowest BCUT2D eigenvalue weighted by atomic mass is 9.99. The molecule has 1 heterocycles. The molecule has 0 aromatic heterocycles. The number of amides is 1. The van der Waals surface area contributed by atoms with Crippen molar-refractivity contribution in [2.24, 2.45) is 5.73 Å². The Balaban J connectivity index is 1.92. The second kappa shape index (κ2) is 9.57. The zero-order valence-electron chi connectivity index (χ0n) is 16.7. The van der Waals surface area contributed by atoms with Crippen LogP contribution >= 0.6 is 11.8 Å². The normalized spacial score (nSPS) is 18.8. The molecule has 0 fully saturated rings. The highest BCUT2D eigenvalue weighted by Gasteiger charge is 2.41. The fourth-order valence-electron chi connectivity index (χ4n) is 3.34. The van der Waals surface area contributed by atoms with Crippen molar-refractivity contribution >= 4 is 22.7 Å². The van der Waals surface area contributed by atoms with Gasteiger partial charge in [0.1, 0.15) is 22.3 Å². The second-order valence-corrected chi connectivity index (χ2v) is 8.54. The molecule has 1 aliphatic rings. The van der Waals surface area contributed by atoms with Gasteiger partial charge in [-0.2, -0.15) is 0 Å². The predicted molar refractivity (Wildman–Crippen MR) is 115 cm³/mol. The van der Waals surface area contributed by atoms with Crippen LogP contribution in [0.25, 0.3) is 0 Å². The maximum atomic E-state index is 14.3. The van der Waals surface area contributed by atoms with Crippen LogP contribution in [0.3, 0.4) is 0 Å². The lowest BCUT2D eigenvalue weighted by molar-refractivity contribution is -0.122. The molecule has 4 N–H and O–H groups in total. The van der Waals surface area contributed by atoms with Crippen molar-refractivity contribution in [3.05, 3.63) is 65.2 Å². The van der Waals surface area contributed by atoms with Crippen LogP contribution in [-0.2, 0) is 9.67 Å². The SMILES string of the molecule is CCC(N)CCC(=O)NC1(SC(=N)c2cc(F)ccc2F)CCOc2ccccc21. The number of hydrogen-bond donors (Lipinski definition) is 3. The molecule has 0 saturated heterocycles. The number of para-hydroxylation sites is 1. The first kappa shape index (κ1) is 22.2. The number of carbonyl (C=O) groups excluding carboxylic acids is 1. The van der Waals surface area contributed by atoms with Crippen LogP contribution in [-0.4, -0.2) is 23.6 Å². The molecule has 0 aliphatic carbocycles. The van der Waals surface area contributed by atoms with Crippen molar-refractivity contribution < 1.29 is 18.3 Å². The van der Waals surface area contributed by atoms with Gasteiger partial charge in [-0.3, -0.25) is 10.2 Å². The molecule has 0 saturated carbocycles. The number of nitrogens with one attached hydrogen (secondary N) is 2. The zero-order valence-corrected chi connectivity index (χ0v) is 17.5. The van der Waals surface area contributed by atoms with Crippen molar-refractivity contribution in [2.75, 3.05) is 6.61 Å². The summed E-state index contributed by atoms with van der Waals surface area (Å²) < 4.78 is 33.6. The Morgan fingerprint density at radius 1 is 1.33 bits per heavy atom. The molecule has 160 valence electrons. The Labute approximate surface area is 178 Å². The molecular formula is C22H25F2N3O2S.